The molecule has 0 bridgehead atoms. The van der Waals surface area contributed by atoms with E-state index in [0.717, 1.165) is 17.0 Å². The zero-order valence-electron chi connectivity index (χ0n) is 16.2. The molecule has 0 aliphatic carbocycles. The fraction of sp³-hybridized carbons (Fsp3) is 0.217. The van der Waals surface area contributed by atoms with E-state index in [4.69, 9.17) is 16.0 Å². The quantitative estimate of drug-likeness (QED) is 0.406. The number of hydrogen-bond acceptors (Lipinski definition) is 3. The molecular weight excluding hydrogens is 352 g/mol. The van der Waals surface area contributed by atoms with Crippen LogP contribution in [0.4, 0.5) is 5.69 Å². The monoisotopic (exact) mass is 374 g/mol. The normalized spacial score (nSPS) is 10.4. The van der Waals surface area contributed by atoms with E-state index >= 15 is 0 Å². The van der Waals surface area contributed by atoms with Crippen molar-refractivity contribution in [3.8, 4) is 22.6 Å². The number of carbonyl (C=O) groups excluding carboxylic acids is 1. The molecule has 3 rings (SSSR count). The van der Waals surface area contributed by atoms with Gasteiger partial charge in [-0.2, -0.15) is 0 Å². The van der Waals surface area contributed by atoms with Gasteiger partial charge in [0, 0.05) is 18.3 Å². The zero-order chi connectivity index (χ0) is 20.1. The fourth-order valence-electron chi connectivity index (χ4n) is 3.27. The molecule has 0 saturated carbocycles. The number of benzene rings is 2. The van der Waals surface area contributed by atoms with Crippen molar-refractivity contribution in [1.82, 2.24) is 4.57 Å². The van der Waals surface area contributed by atoms with E-state index in [1.165, 1.54) is 0 Å². The van der Waals surface area contributed by atoms with Crippen LogP contribution in [-0.2, 0) is 18.2 Å². The average molecular weight is 374 g/mol. The smallest absolute Gasteiger partial charge is 0.354 e. The van der Waals surface area contributed by atoms with Crippen LogP contribution >= 0.6 is 0 Å². The van der Waals surface area contributed by atoms with E-state index in [1.54, 1.807) is 18.5 Å². The number of esters is 1. The molecule has 0 amide bonds. The standard InChI is InChI=1S/C23H22N2O3/c1-5-19-21(24-3)20(22(25(19)4)23(26)27-6-2)16-12-14-18(15-13-16)28-17-10-8-7-9-11-17/h7-15H,5-6H2,1-2,4H3. The van der Waals surface area contributed by atoms with Crippen LogP contribution < -0.4 is 4.74 Å². The summed E-state index contributed by atoms with van der Waals surface area (Å²) < 4.78 is 12.9. The first-order chi connectivity index (χ1) is 13.6. The third kappa shape index (κ3) is 3.63. The molecule has 0 saturated heterocycles. The third-order valence-corrected chi connectivity index (χ3v) is 4.52. The molecule has 1 aromatic heterocycles. The van der Waals surface area contributed by atoms with Gasteiger partial charge in [-0.1, -0.05) is 37.3 Å². The Morgan fingerprint density at radius 1 is 1.04 bits per heavy atom. The maximum absolute atomic E-state index is 12.6. The first-order valence-corrected chi connectivity index (χ1v) is 9.20. The summed E-state index contributed by atoms with van der Waals surface area (Å²) in [5.74, 6) is 1.01. The molecule has 3 aromatic rings. The highest BCUT2D eigenvalue weighted by molar-refractivity contribution is 6.01. The molecule has 0 atom stereocenters. The number of carbonyl (C=O) groups is 1. The Kier molecular flexibility index (Phi) is 5.81. The minimum absolute atomic E-state index is 0.280. The second-order valence-corrected chi connectivity index (χ2v) is 6.20. The van der Waals surface area contributed by atoms with Gasteiger partial charge in [-0.3, -0.25) is 0 Å². The maximum Gasteiger partial charge on any atom is 0.354 e. The predicted octanol–water partition coefficient (Wildman–Crippen LogP) is 5.77. The molecule has 0 spiro atoms. The Labute approximate surface area is 165 Å². The van der Waals surface area contributed by atoms with E-state index in [0.29, 0.717) is 29.1 Å². The molecule has 5 nitrogen and oxygen atoms in total. The van der Waals surface area contributed by atoms with Crippen molar-refractivity contribution in [2.75, 3.05) is 6.61 Å². The van der Waals surface area contributed by atoms with E-state index in [1.807, 2.05) is 61.5 Å². The second kappa shape index (κ2) is 8.45. The van der Waals surface area contributed by atoms with Gasteiger partial charge in [-0.05, 0) is 43.2 Å². The molecule has 0 N–H and O–H groups in total. The molecular formula is C23H22N2O3. The van der Waals surface area contributed by atoms with Crippen LogP contribution in [0.5, 0.6) is 11.5 Å². The number of nitrogens with zero attached hydrogens (tertiary/aromatic N) is 2. The van der Waals surface area contributed by atoms with Gasteiger partial charge in [0.05, 0.1) is 13.2 Å². The lowest BCUT2D eigenvalue weighted by molar-refractivity contribution is 0.0516. The Morgan fingerprint density at radius 2 is 1.68 bits per heavy atom. The van der Waals surface area contributed by atoms with Crippen molar-refractivity contribution >= 4 is 11.7 Å². The summed E-state index contributed by atoms with van der Waals surface area (Å²) in [5.41, 5.74) is 3.10. The summed E-state index contributed by atoms with van der Waals surface area (Å²) in [7, 11) is 1.80. The molecule has 28 heavy (non-hydrogen) atoms. The molecule has 0 aliphatic heterocycles. The lowest BCUT2D eigenvalue weighted by Crippen LogP contribution is -2.12. The Bertz CT molecular complexity index is 1010. The van der Waals surface area contributed by atoms with Gasteiger partial charge in [0.2, 0.25) is 5.69 Å². The summed E-state index contributed by atoms with van der Waals surface area (Å²) in [6, 6.07) is 16.9. The van der Waals surface area contributed by atoms with Crippen molar-refractivity contribution in [1.29, 1.82) is 0 Å². The Balaban J connectivity index is 2.05. The van der Waals surface area contributed by atoms with Crippen LogP contribution in [-0.4, -0.2) is 17.1 Å². The molecule has 0 aliphatic rings. The summed E-state index contributed by atoms with van der Waals surface area (Å²) in [5, 5.41) is 0. The lowest BCUT2D eigenvalue weighted by Gasteiger charge is -2.10. The summed E-state index contributed by atoms with van der Waals surface area (Å²) >= 11 is 0. The van der Waals surface area contributed by atoms with Crippen molar-refractivity contribution in [3.05, 3.63) is 77.4 Å². The molecule has 1 heterocycles. The molecule has 0 fully saturated rings. The third-order valence-electron chi connectivity index (χ3n) is 4.52. The van der Waals surface area contributed by atoms with Gasteiger partial charge in [0.25, 0.3) is 0 Å². The number of para-hydroxylation sites is 1. The molecule has 142 valence electrons. The summed E-state index contributed by atoms with van der Waals surface area (Å²) in [6.45, 7) is 11.7. The minimum Gasteiger partial charge on any atom is -0.461 e. The van der Waals surface area contributed by atoms with E-state index in [9.17, 15) is 4.79 Å². The maximum atomic E-state index is 12.6. The van der Waals surface area contributed by atoms with E-state index in [-0.39, 0.29) is 6.61 Å². The number of ether oxygens (including phenoxy) is 2. The molecule has 0 radical (unpaired) electrons. The van der Waals surface area contributed by atoms with Crippen molar-refractivity contribution < 1.29 is 14.3 Å². The van der Waals surface area contributed by atoms with Crippen LogP contribution in [0, 0.1) is 6.57 Å². The first kappa shape index (κ1) is 19.2. The summed E-state index contributed by atoms with van der Waals surface area (Å²) in [6.07, 6.45) is 0.649. The zero-order valence-corrected chi connectivity index (χ0v) is 16.2. The number of hydrogen-bond donors (Lipinski definition) is 0. The summed E-state index contributed by atoms with van der Waals surface area (Å²) in [4.78, 5) is 16.3. The fourth-order valence-corrected chi connectivity index (χ4v) is 3.27. The first-order valence-electron chi connectivity index (χ1n) is 9.20. The van der Waals surface area contributed by atoms with Crippen molar-refractivity contribution in [2.24, 2.45) is 7.05 Å². The highest BCUT2D eigenvalue weighted by atomic mass is 16.5. The molecule has 5 heteroatoms. The van der Waals surface area contributed by atoms with Crippen molar-refractivity contribution in [2.45, 2.75) is 20.3 Å². The average Bonchev–Trinajstić information content (AvgIpc) is 3.01. The van der Waals surface area contributed by atoms with Crippen LogP contribution in [0.15, 0.2) is 54.6 Å². The van der Waals surface area contributed by atoms with Crippen LogP contribution in [0.25, 0.3) is 16.0 Å². The van der Waals surface area contributed by atoms with Gasteiger partial charge >= 0.3 is 5.97 Å². The highest BCUT2D eigenvalue weighted by Crippen LogP contribution is 2.40. The van der Waals surface area contributed by atoms with Gasteiger partial charge in [-0.15, -0.1) is 0 Å². The highest BCUT2D eigenvalue weighted by Gasteiger charge is 2.26. The topological polar surface area (TPSA) is 44.8 Å². The lowest BCUT2D eigenvalue weighted by atomic mass is 10.0. The Hall–Kier alpha value is -3.52. The SMILES string of the molecule is [C-]#[N+]c1c(-c2ccc(Oc3ccccc3)cc2)c(C(=O)OCC)n(C)c1CC. The van der Waals surface area contributed by atoms with Gasteiger partial charge in [0.15, 0.2) is 0 Å². The molecule has 2 aromatic carbocycles. The Morgan fingerprint density at radius 3 is 2.25 bits per heavy atom. The largest absolute Gasteiger partial charge is 0.461 e. The van der Waals surface area contributed by atoms with Crippen molar-refractivity contribution in [3.63, 3.8) is 0 Å². The van der Waals surface area contributed by atoms with Gasteiger partial charge in [0.1, 0.15) is 17.2 Å². The molecule has 0 unspecified atom stereocenters. The number of aromatic nitrogens is 1. The van der Waals surface area contributed by atoms with Gasteiger partial charge < -0.3 is 14.0 Å². The van der Waals surface area contributed by atoms with Gasteiger partial charge in [-0.25, -0.2) is 9.64 Å². The predicted molar refractivity (Wildman–Crippen MR) is 109 cm³/mol. The second-order valence-electron chi connectivity index (χ2n) is 6.20. The van der Waals surface area contributed by atoms with E-state index < -0.39 is 5.97 Å². The minimum atomic E-state index is -0.422. The van der Waals surface area contributed by atoms with Crippen LogP contribution in [0.2, 0.25) is 0 Å². The number of rotatable bonds is 6. The van der Waals surface area contributed by atoms with Crippen LogP contribution in [0.3, 0.4) is 0 Å². The van der Waals surface area contributed by atoms with Crippen LogP contribution in [0.1, 0.15) is 30.0 Å². The van der Waals surface area contributed by atoms with E-state index in [2.05, 4.69) is 4.85 Å².